The molecule has 1 rings (SSSR count). The van der Waals surface area contributed by atoms with E-state index >= 15 is 0 Å². The Bertz CT molecular complexity index is 339. The number of rotatable bonds is 4. The van der Waals surface area contributed by atoms with Gasteiger partial charge in [0.05, 0.1) is 10.0 Å². The van der Waals surface area contributed by atoms with Crippen molar-refractivity contribution in [3.63, 3.8) is 0 Å². The topological polar surface area (TPSA) is 42.1 Å². The minimum Gasteiger partial charge on any atom is -0.393 e. The molecule has 1 heterocycles. The smallest absolute Gasteiger partial charge is 0.128 e. The summed E-state index contributed by atoms with van der Waals surface area (Å²) in [5, 5.41) is 0.633. The maximum absolute atomic E-state index is 5.76. The highest BCUT2D eigenvalue weighted by Crippen LogP contribution is 2.16. The molecule has 82 valence electrons. The van der Waals surface area contributed by atoms with E-state index in [0.29, 0.717) is 16.4 Å². The van der Waals surface area contributed by atoms with Crippen LogP contribution in [0.15, 0.2) is 18.3 Å². The fourth-order valence-corrected chi connectivity index (χ4v) is 1.58. The number of nitrogens with zero attached hydrogens (tertiary/aromatic N) is 2. The van der Waals surface area contributed by atoms with Crippen molar-refractivity contribution < 1.29 is 0 Å². The van der Waals surface area contributed by atoms with Crippen LogP contribution >= 0.6 is 23.8 Å². The molecule has 0 bridgehead atoms. The number of halogens is 1. The lowest BCUT2D eigenvalue weighted by molar-refractivity contribution is 0.705. The van der Waals surface area contributed by atoms with E-state index in [4.69, 9.17) is 29.6 Å². The van der Waals surface area contributed by atoms with E-state index in [2.05, 4.69) is 11.9 Å². The molecule has 0 saturated heterocycles. The highest BCUT2D eigenvalue weighted by atomic mass is 35.5. The van der Waals surface area contributed by atoms with Crippen LogP contribution in [0.5, 0.6) is 0 Å². The predicted octanol–water partition coefficient (Wildman–Crippen LogP) is 2.24. The molecule has 0 aromatic carbocycles. The number of hydrogen-bond acceptors (Lipinski definition) is 3. The summed E-state index contributed by atoms with van der Waals surface area (Å²) < 4.78 is 0. The molecule has 0 aliphatic carbocycles. The molecule has 2 N–H and O–H groups in total. The van der Waals surface area contributed by atoms with Crippen molar-refractivity contribution >= 4 is 34.6 Å². The number of thiocarbonyl (C=S) groups is 1. The third-order valence-corrected chi connectivity index (χ3v) is 2.62. The Morgan fingerprint density at radius 3 is 2.80 bits per heavy atom. The molecule has 1 unspecified atom stereocenters. The number of nitrogens with two attached hydrogens (primary N) is 1. The monoisotopic (exact) mass is 243 g/mol. The lowest BCUT2D eigenvalue weighted by Gasteiger charge is -2.25. The van der Waals surface area contributed by atoms with Crippen LogP contribution in [0.2, 0.25) is 5.02 Å². The third-order valence-electron chi connectivity index (χ3n) is 2.23. The van der Waals surface area contributed by atoms with Gasteiger partial charge in [0.25, 0.3) is 0 Å². The van der Waals surface area contributed by atoms with Gasteiger partial charge in [-0.25, -0.2) is 4.98 Å². The zero-order chi connectivity index (χ0) is 11.4. The zero-order valence-electron chi connectivity index (χ0n) is 8.77. The van der Waals surface area contributed by atoms with Gasteiger partial charge in [-0.1, -0.05) is 23.8 Å². The molecule has 0 radical (unpaired) electrons. The van der Waals surface area contributed by atoms with Crippen molar-refractivity contribution in [1.82, 2.24) is 4.98 Å². The Morgan fingerprint density at radius 2 is 2.33 bits per heavy atom. The highest BCUT2D eigenvalue weighted by molar-refractivity contribution is 7.80. The normalized spacial score (nSPS) is 12.2. The average molecular weight is 244 g/mol. The molecule has 0 aliphatic heterocycles. The second-order valence-corrected chi connectivity index (χ2v) is 4.43. The van der Waals surface area contributed by atoms with Crippen LogP contribution in [0.3, 0.4) is 0 Å². The maximum atomic E-state index is 5.76. The Morgan fingerprint density at radius 1 is 1.67 bits per heavy atom. The summed E-state index contributed by atoms with van der Waals surface area (Å²) >= 11 is 10.6. The molecule has 1 aromatic rings. The molecule has 1 aromatic heterocycles. The first-order valence-corrected chi connectivity index (χ1v) is 5.42. The van der Waals surface area contributed by atoms with Gasteiger partial charge >= 0.3 is 0 Å². The minimum absolute atomic E-state index is 0.233. The van der Waals surface area contributed by atoms with Crippen LogP contribution in [-0.4, -0.2) is 23.1 Å². The SMILES string of the molecule is CC(CC(N)=S)N(C)c1ccc(Cl)cn1. The van der Waals surface area contributed by atoms with Gasteiger partial charge in [0, 0.05) is 25.7 Å². The third kappa shape index (κ3) is 3.64. The Kier molecular flexibility index (Phi) is 4.29. The number of hydrogen-bond donors (Lipinski definition) is 1. The molecule has 5 heteroatoms. The first kappa shape index (κ1) is 12.2. The predicted molar refractivity (Wildman–Crippen MR) is 68.5 cm³/mol. The first-order chi connectivity index (χ1) is 7.00. The van der Waals surface area contributed by atoms with Crippen LogP contribution in [0.4, 0.5) is 5.82 Å². The van der Waals surface area contributed by atoms with E-state index in [-0.39, 0.29) is 6.04 Å². The van der Waals surface area contributed by atoms with Crippen molar-refractivity contribution in [2.45, 2.75) is 19.4 Å². The molecule has 3 nitrogen and oxygen atoms in total. The van der Waals surface area contributed by atoms with Crippen molar-refractivity contribution in [3.05, 3.63) is 23.4 Å². The lowest BCUT2D eigenvalue weighted by atomic mass is 10.2. The van der Waals surface area contributed by atoms with Crippen molar-refractivity contribution in [2.75, 3.05) is 11.9 Å². The van der Waals surface area contributed by atoms with E-state index in [1.165, 1.54) is 0 Å². The van der Waals surface area contributed by atoms with Gasteiger partial charge in [0.1, 0.15) is 5.82 Å². The minimum atomic E-state index is 0.233. The van der Waals surface area contributed by atoms with Crippen LogP contribution in [0.1, 0.15) is 13.3 Å². The molecule has 1 atom stereocenters. The van der Waals surface area contributed by atoms with Gasteiger partial charge in [0.15, 0.2) is 0 Å². The summed E-state index contributed by atoms with van der Waals surface area (Å²) in [5.74, 6) is 0.864. The summed E-state index contributed by atoms with van der Waals surface area (Å²) in [6, 6.07) is 3.92. The van der Waals surface area contributed by atoms with E-state index < -0.39 is 0 Å². The standard InChI is InChI=1S/C10H14ClN3S/c1-7(5-9(12)15)14(2)10-4-3-8(11)6-13-10/h3-4,6-7H,5H2,1-2H3,(H2,12,15). The molecule has 0 spiro atoms. The number of anilines is 1. The summed E-state index contributed by atoms with van der Waals surface area (Å²) in [5.41, 5.74) is 5.50. The van der Waals surface area contributed by atoms with Gasteiger partial charge in [-0.3, -0.25) is 0 Å². The van der Waals surface area contributed by atoms with Gasteiger partial charge < -0.3 is 10.6 Å². The molecule has 0 fully saturated rings. The summed E-state index contributed by atoms with van der Waals surface area (Å²) in [6.45, 7) is 2.05. The highest BCUT2D eigenvalue weighted by Gasteiger charge is 2.11. The second kappa shape index (κ2) is 5.28. The molecule has 0 saturated carbocycles. The Labute approximate surface area is 100 Å². The second-order valence-electron chi connectivity index (χ2n) is 3.46. The summed E-state index contributed by atoms with van der Waals surface area (Å²) in [6.07, 6.45) is 2.30. The van der Waals surface area contributed by atoms with Crippen LogP contribution in [0.25, 0.3) is 0 Å². The molecule has 0 amide bonds. The van der Waals surface area contributed by atoms with Gasteiger partial charge in [-0.2, -0.15) is 0 Å². The van der Waals surface area contributed by atoms with Gasteiger partial charge in [-0.15, -0.1) is 0 Å². The summed E-state index contributed by atoms with van der Waals surface area (Å²) in [7, 11) is 1.96. The van der Waals surface area contributed by atoms with E-state index in [1.807, 2.05) is 24.1 Å². The molecule has 15 heavy (non-hydrogen) atoms. The van der Waals surface area contributed by atoms with E-state index in [1.54, 1.807) is 6.20 Å². The zero-order valence-corrected chi connectivity index (χ0v) is 10.3. The van der Waals surface area contributed by atoms with Gasteiger partial charge in [-0.05, 0) is 19.1 Å². The average Bonchev–Trinajstić information content (AvgIpc) is 2.17. The van der Waals surface area contributed by atoms with E-state index in [9.17, 15) is 0 Å². The summed E-state index contributed by atoms with van der Waals surface area (Å²) in [4.78, 5) is 6.76. The van der Waals surface area contributed by atoms with Crippen LogP contribution in [0, 0.1) is 0 Å². The fraction of sp³-hybridized carbons (Fsp3) is 0.400. The van der Waals surface area contributed by atoms with Crippen LogP contribution in [-0.2, 0) is 0 Å². The van der Waals surface area contributed by atoms with Crippen molar-refractivity contribution in [1.29, 1.82) is 0 Å². The first-order valence-electron chi connectivity index (χ1n) is 4.63. The fourth-order valence-electron chi connectivity index (χ4n) is 1.23. The number of pyridine rings is 1. The van der Waals surface area contributed by atoms with Crippen molar-refractivity contribution in [2.24, 2.45) is 5.73 Å². The molecular formula is C10H14ClN3S. The molecule has 0 aliphatic rings. The van der Waals surface area contributed by atoms with Crippen molar-refractivity contribution in [3.8, 4) is 0 Å². The lowest BCUT2D eigenvalue weighted by Crippen LogP contribution is -2.32. The Hall–Kier alpha value is -0.870. The van der Waals surface area contributed by atoms with Gasteiger partial charge in [0.2, 0.25) is 0 Å². The maximum Gasteiger partial charge on any atom is 0.128 e. The quantitative estimate of drug-likeness (QED) is 0.824. The largest absolute Gasteiger partial charge is 0.393 e. The van der Waals surface area contributed by atoms with E-state index in [0.717, 1.165) is 5.82 Å². The Balaban J connectivity index is 2.71. The number of aromatic nitrogens is 1. The van der Waals surface area contributed by atoms with Crippen LogP contribution < -0.4 is 10.6 Å². The molecular weight excluding hydrogens is 230 g/mol.